The molecule has 0 aliphatic carbocycles. The first-order valence-electron chi connectivity index (χ1n) is 6.15. The molecule has 0 bridgehead atoms. The molecule has 0 N–H and O–H groups in total. The molecule has 98 valence electrons. The van der Waals surface area contributed by atoms with Crippen LogP contribution >= 0.6 is 0 Å². The standard InChI is InChI=1S/C16H17NO2/c1-17(14-6-4-3-5-7-14)16(18)12-13-8-10-15(19-2)11-9-13/h3-11H,12H2,1-2H3. The van der Waals surface area contributed by atoms with E-state index in [9.17, 15) is 4.79 Å². The monoisotopic (exact) mass is 255 g/mol. The van der Waals surface area contributed by atoms with Crippen LogP contribution in [0.1, 0.15) is 5.56 Å². The molecule has 0 saturated carbocycles. The van der Waals surface area contributed by atoms with Gasteiger partial charge in [0.15, 0.2) is 0 Å². The number of benzene rings is 2. The number of ether oxygens (including phenoxy) is 1. The number of rotatable bonds is 4. The number of anilines is 1. The summed E-state index contributed by atoms with van der Waals surface area (Å²) in [6.45, 7) is 0. The van der Waals surface area contributed by atoms with Crippen molar-refractivity contribution >= 4 is 11.6 Å². The lowest BCUT2D eigenvalue weighted by Gasteiger charge is -2.17. The summed E-state index contributed by atoms with van der Waals surface area (Å²) in [7, 11) is 3.42. The van der Waals surface area contributed by atoms with E-state index in [1.807, 2.05) is 54.6 Å². The van der Waals surface area contributed by atoms with Gasteiger partial charge in [0.05, 0.1) is 13.5 Å². The van der Waals surface area contributed by atoms with Crippen LogP contribution in [0.2, 0.25) is 0 Å². The molecule has 0 radical (unpaired) electrons. The van der Waals surface area contributed by atoms with Gasteiger partial charge in [0, 0.05) is 12.7 Å². The Morgan fingerprint density at radius 3 is 2.26 bits per heavy atom. The molecule has 0 heterocycles. The molecule has 2 aromatic carbocycles. The molecular weight excluding hydrogens is 238 g/mol. The zero-order valence-electron chi connectivity index (χ0n) is 11.2. The Morgan fingerprint density at radius 1 is 1.05 bits per heavy atom. The van der Waals surface area contributed by atoms with Gasteiger partial charge in [-0.3, -0.25) is 4.79 Å². The van der Waals surface area contributed by atoms with Crippen molar-refractivity contribution in [2.24, 2.45) is 0 Å². The van der Waals surface area contributed by atoms with E-state index >= 15 is 0 Å². The van der Waals surface area contributed by atoms with E-state index in [2.05, 4.69) is 0 Å². The van der Waals surface area contributed by atoms with Gasteiger partial charge in [-0.1, -0.05) is 30.3 Å². The van der Waals surface area contributed by atoms with Crippen LogP contribution in [0.5, 0.6) is 5.75 Å². The second kappa shape index (κ2) is 6.05. The van der Waals surface area contributed by atoms with E-state index in [-0.39, 0.29) is 5.91 Å². The summed E-state index contributed by atoms with van der Waals surface area (Å²) >= 11 is 0. The van der Waals surface area contributed by atoms with Gasteiger partial charge in [-0.15, -0.1) is 0 Å². The highest BCUT2D eigenvalue weighted by atomic mass is 16.5. The van der Waals surface area contributed by atoms with Crippen LogP contribution < -0.4 is 9.64 Å². The van der Waals surface area contributed by atoms with Gasteiger partial charge in [0.2, 0.25) is 5.91 Å². The highest BCUT2D eigenvalue weighted by Crippen LogP contribution is 2.15. The number of para-hydroxylation sites is 1. The Hall–Kier alpha value is -2.29. The second-order valence-corrected chi connectivity index (χ2v) is 4.31. The van der Waals surface area contributed by atoms with Crippen molar-refractivity contribution in [3.8, 4) is 5.75 Å². The van der Waals surface area contributed by atoms with Crippen molar-refractivity contribution in [2.75, 3.05) is 19.1 Å². The molecule has 0 atom stereocenters. The molecule has 0 aliphatic rings. The highest BCUT2D eigenvalue weighted by molar-refractivity contribution is 5.94. The fourth-order valence-corrected chi connectivity index (χ4v) is 1.83. The van der Waals surface area contributed by atoms with E-state index in [4.69, 9.17) is 4.74 Å². The highest BCUT2D eigenvalue weighted by Gasteiger charge is 2.11. The molecule has 0 fully saturated rings. The Morgan fingerprint density at radius 2 is 1.68 bits per heavy atom. The molecule has 0 unspecified atom stereocenters. The van der Waals surface area contributed by atoms with Crippen LogP contribution in [0.4, 0.5) is 5.69 Å². The van der Waals surface area contributed by atoms with Crippen LogP contribution in [0.15, 0.2) is 54.6 Å². The molecule has 0 aromatic heterocycles. The smallest absolute Gasteiger partial charge is 0.231 e. The number of methoxy groups -OCH3 is 1. The van der Waals surface area contributed by atoms with Crippen LogP contribution in [0, 0.1) is 0 Å². The molecule has 0 saturated heterocycles. The second-order valence-electron chi connectivity index (χ2n) is 4.31. The van der Waals surface area contributed by atoms with Gasteiger partial charge in [-0.25, -0.2) is 0 Å². The summed E-state index contributed by atoms with van der Waals surface area (Å²) < 4.78 is 5.10. The van der Waals surface area contributed by atoms with Crippen LogP contribution in [0.25, 0.3) is 0 Å². The third kappa shape index (κ3) is 3.35. The summed E-state index contributed by atoms with van der Waals surface area (Å²) in [6.07, 6.45) is 0.384. The van der Waals surface area contributed by atoms with Gasteiger partial charge in [0.25, 0.3) is 0 Å². The predicted octanol–water partition coefficient (Wildman–Crippen LogP) is 2.90. The van der Waals surface area contributed by atoms with Crippen molar-refractivity contribution in [3.05, 3.63) is 60.2 Å². The van der Waals surface area contributed by atoms with Gasteiger partial charge < -0.3 is 9.64 Å². The van der Waals surface area contributed by atoms with Gasteiger partial charge in [-0.05, 0) is 29.8 Å². The number of amides is 1. The van der Waals surface area contributed by atoms with E-state index in [1.165, 1.54) is 0 Å². The number of hydrogen-bond acceptors (Lipinski definition) is 2. The number of likely N-dealkylation sites (N-methyl/N-ethyl adjacent to an activating group) is 1. The summed E-state index contributed by atoms with van der Waals surface area (Å²) in [5.74, 6) is 0.865. The maximum Gasteiger partial charge on any atom is 0.231 e. The summed E-state index contributed by atoms with van der Waals surface area (Å²) in [5, 5.41) is 0. The summed E-state index contributed by atoms with van der Waals surface area (Å²) in [4.78, 5) is 13.8. The average molecular weight is 255 g/mol. The SMILES string of the molecule is COc1ccc(CC(=O)N(C)c2ccccc2)cc1. The minimum absolute atomic E-state index is 0.0661. The van der Waals surface area contributed by atoms with Gasteiger partial charge >= 0.3 is 0 Å². The largest absolute Gasteiger partial charge is 0.497 e. The van der Waals surface area contributed by atoms with Crippen molar-refractivity contribution in [1.29, 1.82) is 0 Å². The van der Waals surface area contributed by atoms with Crippen LogP contribution in [0.3, 0.4) is 0 Å². The van der Waals surface area contributed by atoms with Crippen molar-refractivity contribution in [2.45, 2.75) is 6.42 Å². The van der Waals surface area contributed by atoms with E-state index in [0.29, 0.717) is 6.42 Å². The van der Waals surface area contributed by atoms with Crippen molar-refractivity contribution in [3.63, 3.8) is 0 Å². The summed E-state index contributed by atoms with van der Waals surface area (Å²) in [6, 6.07) is 17.2. The van der Waals surface area contributed by atoms with Crippen molar-refractivity contribution < 1.29 is 9.53 Å². The Kier molecular flexibility index (Phi) is 4.18. The minimum Gasteiger partial charge on any atom is -0.497 e. The molecule has 2 rings (SSSR count). The van der Waals surface area contributed by atoms with E-state index in [1.54, 1.807) is 19.1 Å². The molecule has 3 nitrogen and oxygen atoms in total. The predicted molar refractivity (Wildman–Crippen MR) is 76.6 cm³/mol. The Balaban J connectivity index is 2.04. The first kappa shape index (κ1) is 13.1. The van der Waals surface area contributed by atoms with Crippen molar-refractivity contribution in [1.82, 2.24) is 0 Å². The normalized spacial score (nSPS) is 10.0. The number of carbonyl (C=O) groups is 1. The molecule has 0 aliphatic heterocycles. The molecule has 2 aromatic rings. The Bertz CT molecular complexity index is 534. The zero-order chi connectivity index (χ0) is 13.7. The van der Waals surface area contributed by atoms with Crippen LogP contribution in [-0.2, 0) is 11.2 Å². The molecular formula is C16H17NO2. The third-order valence-corrected chi connectivity index (χ3v) is 3.03. The quantitative estimate of drug-likeness (QED) is 0.840. The number of nitrogens with zero attached hydrogens (tertiary/aromatic N) is 1. The topological polar surface area (TPSA) is 29.5 Å². The molecule has 1 amide bonds. The number of carbonyl (C=O) groups excluding carboxylic acids is 1. The number of hydrogen-bond donors (Lipinski definition) is 0. The van der Waals surface area contributed by atoms with Gasteiger partial charge in [0.1, 0.15) is 5.75 Å². The van der Waals surface area contributed by atoms with Gasteiger partial charge in [-0.2, -0.15) is 0 Å². The lowest BCUT2D eigenvalue weighted by molar-refractivity contribution is -0.117. The minimum atomic E-state index is 0.0661. The van der Waals surface area contributed by atoms with Crippen LogP contribution in [-0.4, -0.2) is 20.1 Å². The Labute approximate surface area is 113 Å². The zero-order valence-corrected chi connectivity index (χ0v) is 11.2. The van der Waals surface area contributed by atoms with E-state index < -0.39 is 0 Å². The molecule has 3 heteroatoms. The average Bonchev–Trinajstić information content (AvgIpc) is 2.48. The lowest BCUT2D eigenvalue weighted by atomic mass is 10.1. The maximum absolute atomic E-state index is 12.2. The first-order valence-corrected chi connectivity index (χ1v) is 6.15. The summed E-state index contributed by atoms with van der Waals surface area (Å²) in [5.41, 5.74) is 1.88. The first-order chi connectivity index (χ1) is 9.20. The van der Waals surface area contributed by atoms with E-state index in [0.717, 1.165) is 17.0 Å². The fraction of sp³-hybridized carbons (Fsp3) is 0.188. The lowest BCUT2D eigenvalue weighted by Crippen LogP contribution is -2.27. The molecule has 19 heavy (non-hydrogen) atoms. The third-order valence-electron chi connectivity index (χ3n) is 3.03. The fourth-order valence-electron chi connectivity index (χ4n) is 1.83. The maximum atomic E-state index is 12.2. The molecule has 0 spiro atoms.